The van der Waals surface area contributed by atoms with Crippen LogP contribution in [0, 0.1) is 10.2 Å². The molecule has 0 bridgehead atoms. The predicted molar refractivity (Wildman–Crippen MR) is 49.7 cm³/mol. The molecule has 0 saturated heterocycles. The van der Waals surface area contributed by atoms with E-state index < -0.39 is 24.4 Å². The first kappa shape index (κ1) is 16.8. The number of hydrogen-bond acceptors (Lipinski definition) is 1. The van der Waals surface area contributed by atoms with E-state index in [1.165, 1.54) is 12.7 Å². The summed E-state index contributed by atoms with van der Waals surface area (Å²) in [5.41, 5.74) is 0.574. The Balaban J connectivity index is 0.000000980. The fraction of sp³-hybridized carbons (Fsp3) is 0.125. The smallest absolute Gasteiger partial charge is 0 e. The molecular weight excluding hydrogens is 474 g/mol. The summed E-state index contributed by atoms with van der Waals surface area (Å²) in [7, 11) is 0. The van der Waals surface area contributed by atoms with E-state index >= 15 is 0 Å². The zero-order valence-corrected chi connectivity index (χ0v) is 15.3. The van der Waals surface area contributed by atoms with Crippen molar-refractivity contribution in [1.29, 1.82) is 0 Å². The Kier molecular flexibility index (Phi) is 7.43. The van der Waals surface area contributed by atoms with Gasteiger partial charge in [0.25, 0.3) is 0 Å². The molecule has 15 heavy (non-hydrogen) atoms. The largest absolute Gasteiger partial charge is 0 e. The van der Waals surface area contributed by atoms with Crippen LogP contribution in [0.15, 0.2) is 24.3 Å². The number of rotatable bonds is 0. The maximum absolute atomic E-state index is 12.4. The maximum Gasteiger partial charge on any atom is 0 e. The van der Waals surface area contributed by atoms with Crippen LogP contribution in [0.5, 0.6) is 0 Å². The fourth-order valence-electron chi connectivity index (χ4n) is 1.03. The minimum atomic E-state index is -4.17. The van der Waals surface area contributed by atoms with E-state index in [-0.39, 0.29) is 65.4 Å². The van der Waals surface area contributed by atoms with E-state index in [1.54, 1.807) is 18.2 Å². The van der Waals surface area contributed by atoms with Crippen molar-refractivity contribution in [3.8, 4) is 0 Å². The van der Waals surface area contributed by atoms with Gasteiger partial charge in [0.15, 0.2) is 0 Å². The number of fused-ring (bicyclic) bond motifs is 1. The minimum absolute atomic E-state index is 0. The molecule has 0 N–H and O–H groups in total. The molecule has 78 valence electrons. The first-order valence-electron chi connectivity index (χ1n) is 3.45. The second kappa shape index (κ2) is 6.64. The molecular formula is C8H5F3IOY2-. The van der Waals surface area contributed by atoms with Gasteiger partial charge in [0.05, 0.1) is 0 Å². The van der Waals surface area contributed by atoms with Crippen LogP contribution >= 0.6 is 20.2 Å². The second-order valence-corrected chi connectivity index (χ2v) is 6.72. The van der Waals surface area contributed by atoms with Gasteiger partial charge < -0.3 is 0 Å². The molecule has 1 aromatic rings. The Morgan fingerprint density at radius 1 is 1.13 bits per heavy atom. The number of benzene rings is 1. The third kappa shape index (κ3) is 3.88. The minimum Gasteiger partial charge on any atom is 0 e. The molecule has 1 aliphatic heterocycles. The van der Waals surface area contributed by atoms with Crippen molar-refractivity contribution in [2.45, 2.75) is 4.18 Å². The number of hydrogen-bond donors (Lipinski definition) is 0. The summed E-state index contributed by atoms with van der Waals surface area (Å²) in [5.74, 6) is 0. The number of halogens is 4. The van der Waals surface area contributed by atoms with Gasteiger partial charge >= 0.3 is 80.7 Å². The summed E-state index contributed by atoms with van der Waals surface area (Å²) < 4.78 is 38.0. The van der Waals surface area contributed by atoms with E-state index in [9.17, 15) is 13.2 Å². The van der Waals surface area contributed by atoms with Crippen molar-refractivity contribution >= 4 is 20.2 Å². The molecule has 0 aromatic heterocycles. The zero-order chi connectivity index (χ0) is 9.47. The van der Waals surface area contributed by atoms with Crippen molar-refractivity contribution in [2.75, 3.05) is 0 Å². The van der Waals surface area contributed by atoms with E-state index in [4.69, 9.17) is 3.07 Å². The normalized spacial score (nSPS) is 15.8. The van der Waals surface area contributed by atoms with Crippen LogP contribution in [-0.4, -0.2) is 4.18 Å². The summed E-state index contributed by atoms with van der Waals surface area (Å²) in [5, 5.41) is 0. The van der Waals surface area contributed by atoms with Crippen LogP contribution in [0.1, 0.15) is 5.56 Å². The first-order valence-corrected chi connectivity index (χ1v) is 6.49. The average molecular weight is 479 g/mol. The van der Waals surface area contributed by atoms with Crippen LogP contribution in [0.3, 0.4) is 0 Å². The molecule has 0 spiro atoms. The third-order valence-electron chi connectivity index (χ3n) is 1.55. The summed E-state index contributed by atoms with van der Waals surface area (Å²) in [6.07, 6.45) is 0. The van der Waals surface area contributed by atoms with Gasteiger partial charge in [-0.2, -0.15) is 0 Å². The SMILES string of the molecule is FC(F)(F)I1O[CH-]c2ccccc21.[Y].[Y]. The Hall–Kier alpha value is 1.78. The Bertz CT molecular complexity index is 332. The summed E-state index contributed by atoms with van der Waals surface area (Å²) in [4.78, 5) is 0. The van der Waals surface area contributed by atoms with Gasteiger partial charge in [0.1, 0.15) is 0 Å². The summed E-state index contributed by atoms with van der Waals surface area (Å²) >= 11 is -3.41. The van der Waals surface area contributed by atoms with Crippen molar-refractivity contribution in [3.63, 3.8) is 0 Å². The quantitative estimate of drug-likeness (QED) is 0.316. The molecule has 1 aliphatic rings. The molecule has 0 atom stereocenters. The van der Waals surface area contributed by atoms with Gasteiger partial charge in [0, 0.05) is 65.4 Å². The summed E-state index contributed by atoms with van der Waals surface area (Å²) in [6.45, 7) is 1.22. The molecule has 2 radical (unpaired) electrons. The van der Waals surface area contributed by atoms with Crippen LogP contribution in [-0.2, 0) is 68.5 Å². The van der Waals surface area contributed by atoms with Gasteiger partial charge in [-0.15, -0.1) is 0 Å². The first-order chi connectivity index (χ1) is 6.09. The Morgan fingerprint density at radius 3 is 2.33 bits per heavy atom. The zero-order valence-electron chi connectivity index (χ0n) is 7.46. The van der Waals surface area contributed by atoms with Crippen LogP contribution in [0.25, 0.3) is 0 Å². The van der Waals surface area contributed by atoms with Crippen LogP contribution in [0.2, 0.25) is 0 Å². The molecule has 1 heterocycles. The van der Waals surface area contributed by atoms with Crippen molar-refractivity contribution in [3.05, 3.63) is 40.0 Å². The van der Waals surface area contributed by atoms with Crippen molar-refractivity contribution < 1.29 is 81.7 Å². The van der Waals surface area contributed by atoms with E-state index in [2.05, 4.69) is 0 Å². The molecule has 0 aliphatic carbocycles. The van der Waals surface area contributed by atoms with E-state index in [0.29, 0.717) is 9.13 Å². The van der Waals surface area contributed by atoms with Gasteiger partial charge in [-0.3, -0.25) is 0 Å². The van der Waals surface area contributed by atoms with Crippen molar-refractivity contribution in [1.82, 2.24) is 0 Å². The fourth-order valence-corrected chi connectivity index (χ4v) is 4.19. The van der Waals surface area contributed by atoms with Gasteiger partial charge in [0.2, 0.25) is 0 Å². The molecule has 1 aromatic carbocycles. The topological polar surface area (TPSA) is 9.23 Å². The Morgan fingerprint density at radius 2 is 1.73 bits per heavy atom. The van der Waals surface area contributed by atoms with E-state index in [1.807, 2.05) is 0 Å². The second-order valence-electron chi connectivity index (χ2n) is 2.41. The molecule has 7 heteroatoms. The molecule has 0 amide bonds. The monoisotopic (exact) mass is 479 g/mol. The van der Waals surface area contributed by atoms with Gasteiger partial charge in [-0.1, -0.05) is 0 Å². The predicted octanol–water partition coefficient (Wildman–Crippen LogP) is 3.33. The number of alkyl halides is 4. The molecule has 2 rings (SSSR count). The maximum atomic E-state index is 12.4. The van der Waals surface area contributed by atoms with Gasteiger partial charge in [-0.05, 0) is 0 Å². The van der Waals surface area contributed by atoms with Gasteiger partial charge in [-0.25, -0.2) is 0 Å². The van der Waals surface area contributed by atoms with Crippen LogP contribution in [0.4, 0.5) is 13.2 Å². The molecule has 0 saturated carbocycles. The van der Waals surface area contributed by atoms with Crippen molar-refractivity contribution in [2.24, 2.45) is 0 Å². The Labute approximate surface area is 144 Å². The third-order valence-corrected chi connectivity index (χ3v) is 5.46. The molecule has 0 unspecified atom stereocenters. The average Bonchev–Trinajstić information content (AvgIpc) is 2.45. The van der Waals surface area contributed by atoms with E-state index in [0.717, 1.165) is 0 Å². The summed E-state index contributed by atoms with van der Waals surface area (Å²) in [6, 6.07) is 6.45. The molecule has 1 nitrogen and oxygen atoms in total. The van der Waals surface area contributed by atoms with Crippen LogP contribution < -0.4 is 0 Å². The standard InChI is InChI=1S/C8H5F3IO.2Y/c9-8(10,11)12-7-4-2-1-3-6(7)5-13-12;;/h1-5H;;/q-1;;. The molecule has 0 fully saturated rings.